The molecule has 1 aliphatic rings. The predicted molar refractivity (Wildman–Crippen MR) is 84.7 cm³/mol. The van der Waals surface area contributed by atoms with Crippen LogP contribution in [0.1, 0.15) is 45.1 Å². The fourth-order valence-electron chi connectivity index (χ4n) is 2.32. The first-order valence-corrected chi connectivity index (χ1v) is 7.62. The number of likely N-dealkylation sites (N-methyl/N-ethyl adjacent to an activating group) is 1. The minimum Gasteiger partial charge on any atom is -0.370 e. The second-order valence-electron chi connectivity index (χ2n) is 5.84. The molecule has 116 valence electrons. The Morgan fingerprint density at radius 3 is 2.71 bits per heavy atom. The van der Waals surface area contributed by atoms with E-state index in [-0.39, 0.29) is 11.8 Å². The van der Waals surface area contributed by atoms with E-state index in [1.165, 1.54) is 0 Å². The van der Waals surface area contributed by atoms with E-state index < -0.39 is 0 Å². The molecule has 0 radical (unpaired) electrons. The van der Waals surface area contributed by atoms with Gasteiger partial charge >= 0.3 is 0 Å². The summed E-state index contributed by atoms with van der Waals surface area (Å²) in [4.78, 5) is 22.6. The SMILES string of the molecule is CCNc1ncnc(N(C)CC(=O)NC2CC2)c1C(C)C. The van der Waals surface area contributed by atoms with Crippen LogP contribution in [-0.2, 0) is 4.79 Å². The van der Waals surface area contributed by atoms with Crippen molar-refractivity contribution in [1.29, 1.82) is 0 Å². The second-order valence-corrected chi connectivity index (χ2v) is 5.84. The van der Waals surface area contributed by atoms with Crippen molar-refractivity contribution < 1.29 is 4.79 Å². The van der Waals surface area contributed by atoms with E-state index in [0.29, 0.717) is 12.6 Å². The van der Waals surface area contributed by atoms with Gasteiger partial charge in [-0.1, -0.05) is 13.8 Å². The Morgan fingerprint density at radius 2 is 2.14 bits per heavy atom. The lowest BCUT2D eigenvalue weighted by molar-refractivity contribution is -0.119. The molecule has 2 N–H and O–H groups in total. The fourth-order valence-corrected chi connectivity index (χ4v) is 2.32. The summed E-state index contributed by atoms with van der Waals surface area (Å²) in [6, 6.07) is 0.387. The van der Waals surface area contributed by atoms with E-state index >= 15 is 0 Å². The smallest absolute Gasteiger partial charge is 0.239 e. The summed E-state index contributed by atoms with van der Waals surface area (Å²) < 4.78 is 0. The molecule has 21 heavy (non-hydrogen) atoms. The molecule has 2 rings (SSSR count). The molecule has 1 aromatic rings. The highest BCUT2D eigenvalue weighted by atomic mass is 16.2. The molecule has 1 heterocycles. The van der Waals surface area contributed by atoms with Gasteiger partial charge in [-0.25, -0.2) is 9.97 Å². The Balaban J connectivity index is 2.16. The van der Waals surface area contributed by atoms with Gasteiger partial charge in [-0.3, -0.25) is 4.79 Å². The van der Waals surface area contributed by atoms with Crippen LogP contribution in [0.15, 0.2) is 6.33 Å². The summed E-state index contributed by atoms with van der Waals surface area (Å²) in [6.07, 6.45) is 3.75. The van der Waals surface area contributed by atoms with Gasteiger partial charge in [0.15, 0.2) is 0 Å². The van der Waals surface area contributed by atoms with E-state index in [9.17, 15) is 4.79 Å². The van der Waals surface area contributed by atoms with Gasteiger partial charge in [-0.05, 0) is 25.7 Å². The van der Waals surface area contributed by atoms with Crippen molar-refractivity contribution in [2.24, 2.45) is 0 Å². The van der Waals surface area contributed by atoms with E-state index in [0.717, 1.165) is 36.6 Å². The number of hydrogen-bond acceptors (Lipinski definition) is 5. The Kier molecular flexibility index (Phi) is 4.98. The van der Waals surface area contributed by atoms with Crippen LogP contribution in [0, 0.1) is 0 Å². The van der Waals surface area contributed by atoms with Crippen LogP contribution in [0.25, 0.3) is 0 Å². The molecule has 0 aliphatic heterocycles. The molecule has 6 heteroatoms. The number of hydrogen-bond donors (Lipinski definition) is 2. The number of carbonyl (C=O) groups excluding carboxylic acids is 1. The average Bonchev–Trinajstić information content (AvgIpc) is 3.22. The number of anilines is 2. The lowest BCUT2D eigenvalue weighted by Gasteiger charge is -2.24. The lowest BCUT2D eigenvalue weighted by atomic mass is 10.0. The molecule has 1 fully saturated rings. The number of nitrogens with one attached hydrogen (secondary N) is 2. The Morgan fingerprint density at radius 1 is 1.43 bits per heavy atom. The topological polar surface area (TPSA) is 70.2 Å². The first-order chi connectivity index (χ1) is 10.0. The molecule has 0 saturated heterocycles. The predicted octanol–water partition coefficient (Wildman–Crippen LogP) is 1.75. The molecular weight excluding hydrogens is 266 g/mol. The van der Waals surface area contributed by atoms with Crippen LogP contribution >= 0.6 is 0 Å². The fraction of sp³-hybridized carbons (Fsp3) is 0.667. The minimum absolute atomic E-state index is 0.0540. The van der Waals surface area contributed by atoms with Gasteiger partial charge in [0, 0.05) is 25.2 Å². The van der Waals surface area contributed by atoms with Crippen LogP contribution in [-0.4, -0.2) is 42.1 Å². The summed E-state index contributed by atoms with van der Waals surface area (Å²) in [7, 11) is 1.90. The zero-order valence-corrected chi connectivity index (χ0v) is 13.3. The van der Waals surface area contributed by atoms with Gasteiger partial charge in [0.2, 0.25) is 5.91 Å². The zero-order chi connectivity index (χ0) is 15.4. The van der Waals surface area contributed by atoms with Gasteiger partial charge in [-0.15, -0.1) is 0 Å². The van der Waals surface area contributed by atoms with Crippen molar-refractivity contribution in [3.05, 3.63) is 11.9 Å². The van der Waals surface area contributed by atoms with Gasteiger partial charge in [0.1, 0.15) is 18.0 Å². The van der Waals surface area contributed by atoms with Gasteiger partial charge in [0.05, 0.1) is 6.54 Å². The minimum atomic E-state index is 0.0540. The molecule has 1 aliphatic carbocycles. The Hall–Kier alpha value is -1.85. The van der Waals surface area contributed by atoms with Gasteiger partial charge < -0.3 is 15.5 Å². The molecule has 6 nitrogen and oxygen atoms in total. The van der Waals surface area contributed by atoms with Crippen molar-refractivity contribution in [3.8, 4) is 0 Å². The number of carbonyl (C=O) groups is 1. The van der Waals surface area contributed by atoms with Crippen LogP contribution in [0.4, 0.5) is 11.6 Å². The molecule has 0 atom stereocenters. The molecular formula is C15H25N5O. The van der Waals surface area contributed by atoms with Crippen molar-refractivity contribution in [3.63, 3.8) is 0 Å². The largest absolute Gasteiger partial charge is 0.370 e. The summed E-state index contributed by atoms with van der Waals surface area (Å²) in [5.41, 5.74) is 1.06. The van der Waals surface area contributed by atoms with Crippen molar-refractivity contribution >= 4 is 17.5 Å². The molecule has 0 aromatic carbocycles. The molecule has 0 bridgehead atoms. The number of amides is 1. The molecule has 1 saturated carbocycles. The average molecular weight is 291 g/mol. The number of rotatable bonds is 7. The summed E-state index contributed by atoms with van der Waals surface area (Å²) >= 11 is 0. The maximum Gasteiger partial charge on any atom is 0.239 e. The molecule has 1 amide bonds. The van der Waals surface area contributed by atoms with Crippen molar-refractivity contribution in [1.82, 2.24) is 15.3 Å². The first-order valence-electron chi connectivity index (χ1n) is 7.62. The van der Waals surface area contributed by atoms with E-state index in [4.69, 9.17) is 0 Å². The van der Waals surface area contributed by atoms with Crippen LogP contribution in [0.2, 0.25) is 0 Å². The third-order valence-electron chi connectivity index (χ3n) is 3.47. The van der Waals surface area contributed by atoms with E-state index in [1.807, 2.05) is 18.9 Å². The van der Waals surface area contributed by atoms with Crippen molar-refractivity contribution in [2.45, 2.75) is 45.6 Å². The van der Waals surface area contributed by atoms with Gasteiger partial charge in [0.25, 0.3) is 0 Å². The van der Waals surface area contributed by atoms with E-state index in [2.05, 4.69) is 34.4 Å². The Bertz CT molecular complexity index is 499. The quantitative estimate of drug-likeness (QED) is 0.801. The second kappa shape index (κ2) is 6.74. The maximum atomic E-state index is 12.0. The lowest BCUT2D eigenvalue weighted by Crippen LogP contribution is -2.37. The highest BCUT2D eigenvalue weighted by Crippen LogP contribution is 2.30. The van der Waals surface area contributed by atoms with Crippen molar-refractivity contribution in [2.75, 3.05) is 30.4 Å². The summed E-state index contributed by atoms with van der Waals surface area (Å²) in [6.45, 7) is 7.39. The third-order valence-corrected chi connectivity index (χ3v) is 3.47. The summed E-state index contributed by atoms with van der Waals surface area (Å²) in [5.74, 6) is 2.01. The molecule has 1 aromatic heterocycles. The van der Waals surface area contributed by atoms with Crippen LogP contribution < -0.4 is 15.5 Å². The number of aromatic nitrogens is 2. The standard InChI is InChI=1S/C15H25N5O/c1-5-16-14-13(10(2)3)15(18-9-17-14)20(4)8-12(21)19-11-6-7-11/h9-11H,5-8H2,1-4H3,(H,19,21)(H,16,17,18). The number of nitrogens with zero attached hydrogens (tertiary/aromatic N) is 3. The van der Waals surface area contributed by atoms with E-state index in [1.54, 1.807) is 6.33 Å². The van der Waals surface area contributed by atoms with Crippen LogP contribution in [0.5, 0.6) is 0 Å². The Labute approximate surface area is 126 Å². The monoisotopic (exact) mass is 291 g/mol. The maximum absolute atomic E-state index is 12.0. The normalized spacial score (nSPS) is 14.1. The highest BCUT2D eigenvalue weighted by molar-refractivity contribution is 5.82. The highest BCUT2D eigenvalue weighted by Gasteiger charge is 2.24. The van der Waals surface area contributed by atoms with Gasteiger partial charge in [-0.2, -0.15) is 0 Å². The molecule has 0 spiro atoms. The summed E-state index contributed by atoms with van der Waals surface area (Å²) in [5, 5.41) is 6.27. The third kappa shape index (κ3) is 4.06. The zero-order valence-electron chi connectivity index (χ0n) is 13.3. The first kappa shape index (κ1) is 15.5. The molecule has 0 unspecified atom stereocenters. The van der Waals surface area contributed by atoms with Crippen LogP contribution in [0.3, 0.4) is 0 Å².